The van der Waals surface area contributed by atoms with Gasteiger partial charge in [0.25, 0.3) is 5.24 Å². The Labute approximate surface area is 56.6 Å². The Balaban J connectivity index is 3.08. The highest BCUT2D eigenvalue weighted by Crippen LogP contribution is 2.07. The standard InChI is InChI=1S/C5H4ClNO2/c1-3-4(5(6)8)2-7-9-3/h2H,1H3. The topological polar surface area (TPSA) is 43.1 Å². The van der Waals surface area contributed by atoms with Crippen LogP contribution in [0, 0.1) is 6.92 Å². The molecule has 1 aromatic heterocycles. The van der Waals surface area contributed by atoms with Crippen LogP contribution in [0.4, 0.5) is 0 Å². The third-order valence-corrected chi connectivity index (χ3v) is 1.17. The Hall–Kier alpha value is -0.830. The molecule has 3 nitrogen and oxygen atoms in total. The van der Waals surface area contributed by atoms with E-state index in [4.69, 9.17) is 11.6 Å². The molecule has 0 unspecified atom stereocenters. The zero-order chi connectivity index (χ0) is 6.85. The second kappa shape index (κ2) is 2.19. The van der Waals surface area contributed by atoms with E-state index < -0.39 is 5.24 Å². The van der Waals surface area contributed by atoms with Gasteiger partial charge in [-0.3, -0.25) is 4.79 Å². The summed E-state index contributed by atoms with van der Waals surface area (Å²) in [4.78, 5) is 10.4. The highest BCUT2D eigenvalue weighted by molar-refractivity contribution is 6.67. The SMILES string of the molecule is Cc1oncc1C(=O)Cl. The van der Waals surface area contributed by atoms with Gasteiger partial charge in [-0.25, -0.2) is 0 Å². The van der Waals surface area contributed by atoms with Crippen LogP contribution in [0.25, 0.3) is 0 Å². The molecule has 0 aliphatic heterocycles. The molecule has 0 saturated carbocycles. The van der Waals surface area contributed by atoms with E-state index in [-0.39, 0.29) is 0 Å². The summed E-state index contributed by atoms with van der Waals surface area (Å²) in [6.07, 6.45) is 1.30. The first kappa shape index (κ1) is 6.29. The van der Waals surface area contributed by atoms with Gasteiger partial charge in [0.1, 0.15) is 5.76 Å². The van der Waals surface area contributed by atoms with Gasteiger partial charge >= 0.3 is 0 Å². The van der Waals surface area contributed by atoms with Crippen LogP contribution in [0.15, 0.2) is 10.7 Å². The number of aryl methyl sites for hydroxylation is 1. The van der Waals surface area contributed by atoms with Gasteiger partial charge < -0.3 is 4.52 Å². The second-order valence-corrected chi connectivity index (χ2v) is 1.91. The van der Waals surface area contributed by atoms with Crippen molar-refractivity contribution in [3.63, 3.8) is 0 Å². The molecule has 0 aromatic carbocycles. The first-order valence-corrected chi connectivity index (χ1v) is 2.70. The lowest BCUT2D eigenvalue weighted by molar-refractivity contribution is 0.108. The van der Waals surface area contributed by atoms with Crippen LogP contribution in [0.3, 0.4) is 0 Å². The van der Waals surface area contributed by atoms with Gasteiger partial charge in [-0.2, -0.15) is 0 Å². The highest BCUT2D eigenvalue weighted by Gasteiger charge is 2.08. The quantitative estimate of drug-likeness (QED) is 0.561. The maximum atomic E-state index is 10.4. The van der Waals surface area contributed by atoms with Crippen LogP contribution in [0.5, 0.6) is 0 Å². The largest absolute Gasteiger partial charge is 0.361 e. The van der Waals surface area contributed by atoms with Gasteiger partial charge in [-0.1, -0.05) is 5.16 Å². The molecule has 1 aromatic rings. The smallest absolute Gasteiger partial charge is 0.257 e. The molecule has 0 amide bonds. The van der Waals surface area contributed by atoms with Crippen LogP contribution in [-0.4, -0.2) is 10.4 Å². The Morgan fingerprint density at radius 3 is 2.78 bits per heavy atom. The molecule has 0 aliphatic rings. The minimum atomic E-state index is -0.534. The molecule has 48 valence electrons. The minimum Gasteiger partial charge on any atom is -0.361 e. The van der Waals surface area contributed by atoms with E-state index in [2.05, 4.69) is 9.68 Å². The fourth-order valence-electron chi connectivity index (χ4n) is 0.487. The molecule has 0 N–H and O–H groups in total. The lowest BCUT2D eigenvalue weighted by Crippen LogP contribution is -1.86. The van der Waals surface area contributed by atoms with Crippen molar-refractivity contribution in [3.05, 3.63) is 17.5 Å². The number of hydrogen-bond donors (Lipinski definition) is 0. The number of nitrogens with zero attached hydrogens (tertiary/aromatic N) is 1. The predicted octanol–water partition coefficient (Wildman–Crippen LogP) is 1.36. The van der Waals surface area contributed by atoms with Gasteiger partial charge in [-0.15, -0.1) is 0 Å². The average Bonchev–Trinajstić information content (AvgIpc) is 2.13. The summed E-state index contributed by atoms with van der Waals surface area (Å²) in [6.45, 7) is 1.63. The van der Waals surface area contributed by atoms with E-state index in [1.165, 1.54) is 6.20 Å². The van der Waals surface area contributed by atoms with Crippen molar-refractivity contribution in [2.45, 2.75) is 6.92 Å². The molecule has 0 fully saturated rings. The van der Waals surface area contributed by atoms with Gasteiger partial charge in [0.05, 0.1) is 11.8 Å². The summed E-state index contributed by atoms with van der Waals surface area (Å²) in [5.74, 6) is 0.454. The molecule has 0 saturated heterocycles. The number of hydrogen-bond acceptors (Lipinski definition) is 3. The van der Waals surface area contributed by atoms with Crippen molar-refractivity contribution in [2.24, 2.45) is 0 Å². The molecular weight excluding hydrogens is 142 g/mol. The van der Waals surface area contributed by atoms with Crippen molar-refractivity contribution >= 4 is 16.8 Å². The van der Waals surface area contributed by atoms with Crippen LogP contribution in [0.2, 0.25) is 0 Å². The van der Waals surface area contributed by atoms with Crippen LogP contribution in [0.1, 0.15) is 16.1 Å². The fourth-order valence-corrected chi connectivity index (χ4v) is 0.669. The maximum Gasteiger partial charge on any atom is 0.257 e. The highest BCUT2D eigenvalue weighted by atomic mass is 35.5. The van der Waals surface area contributed by atoms with Gasteiger partial charge in [0.2, 0.25) is 0 Å². The minimum absolute atomic E-state index is 0.330. The Bertz CT molecular complexity index is 231. The molecule has 9 heavy (non-hydrogen) atoms. The van der Waals surface area contributed by atoms with Crippen molar-refractivity contribution in [2.75, 3.05) is 0 Å². The molecule has 0 atom stereocenters. The van der Waals surface area contributed by atoms with Crippen molar-refractivity contribution in [3.8, 4) is 0 Å². The first-order valence-electron chi connectivity index (χ1n) is 2.33. The maximum absolute atomic E-state index is 10.4. The number of halogens is 1. The lowest BCUT2D eigenvalue weighted by Gasteiger charge is -1.81. The molecule has 1 heterocycles. The number of rotatable bonds is 1. The molecule has 0 bridgehead atoms. The van der Waals surface area contributed by atoms with Gasteiger partial charge in [0, 0.05) is 0 Å². The summed E-state index contributed by atoms with van der Waals surface area (Å²) in [5, 5.41) is 2.83. The van der Waals surface area contributed by atoms with E-state index >= 15 is 0 Å². The predicted molar refractivity (Wildman–Crippen MR) is 31.4 cm³/mol. The van der Waals surface area contributed by atoms with E-state index in [9.17, 15) is 4.79 Å². The number of carbonyl (C=O) groups excluding carboxylic acids is 1. The third-order valence-electron chi connectivity index (χ3n) is 0.962. The molecular formula is C5H4ClNO2. The first-order chi connectivity index (χ1) is 4.22. The van der Waals surface area contributed by atoms with E-state index in [0.29, 0.717) is 11.3 Å². The van der Waals surface area contributed by atoms with E-state index in [1.54, 1.807) is 6.92 Å². The summed E-state index contributed by atoms with van der Waals surface area (Å²) in [6, 6.07) is 0. The third kappa shape index (κ3) is 1.10. The van der Waals surface area contributed by atoms with Crippen LogP contribution < -0.4 is 0 Å². The second-order valence-electron chi connectivity index (χ2n) is 1.57. The van der Waals surface area contributed by atoms with Gasteiger partial charge in [0.15, 0.2) is 0 Å². The van der Waals surface area contributed by atoms with E-state index in [1.807, 2.05) is 0 Å². The van der Waals surface area contributed by atoms with Crippen molar-refractivity contribution in [1.82, 2.24) is 5.16 Å². The number of aromatic nitrogens is 1. The molecule has 1 rings (SSSR count). The van der Waals surface area contributed by atoms with Crippen LogP contribution in [-0.2, 0) is 0 Å². The summed E-state index contributed by atoms with van der Waals surface area (Å²) in [7, 11) is 0. The average molecular weight is 146 g/mol. The summed E-state index contributed by atoms with van der Waals surface area (Å²) < 4.78 is 4.57. The Morgan fingerprint density at radius 1 is 1.89 bits per heavy atom. The van der Waals surface area contributed by atoms with E-state index in [0.717, 1.165) is 0 Å². The molecule has 0 aliphatic carbocycles. The van der Waals surface area contributed by atoms with Crippen LogP contribution >= 0.6 is 11.6 Å². The van der Waals surface area contributed by atoms with Gasteiger partial charge in [-0.05, 0) is 18.5 Å². The van der Waals surface area contributed by atoms with Crippen molar-refractivity contribution in [1.29, 1.82) is 0 Å². The molecule has 0 spiro atoms. The summed E-state index contributed by atoms with van der Waals surface area (Å²) >= 11 is 5.11. The zero-order valence-electron chi connectivity index (χ0n) is 4.72. The fraction of sp³-hybridized carbons (Fsp3) is 0.200. The Kier molecular flexibility index (Phi) is 1.53. The Morgan fingerprint density at radius 2 is 2.56 bits per heavy atom. The molecule has 4 heteroatoms. The normalized spacial score (nSPS) is 9.56. The zero-order valence-corrected chi connectivity index (χ0v) is 5.47. The lowest BCUT2D eigenvalue weighted by atomic mass is 10.3. The van der Waals surface area contributed by atoms with Crippen molar-refractivity contribution < 1.29 is 9.32 Å². The number of carbonyl (C=O) groups is 1. The molecule has 0 radical (unpaired) electrons. The monoisotopic (exact) mass is 145 g/mol. The summed E-state index contributed by atoms with van der Waals surface area (Å²) in [5.41, 5.74) is 0.330.